The van der Waals surface area contributed by atoms with Gasteiger partial charge in [-0.2, -0.15) is 0 Å². The topological polar surface area (TPSA) is 98.3 Å². The van der Waals surface area contributed by atoms with E-state index >= 15 is 0 Å². The fourth-order valence-electron chi connectivity index (χ4n) is 1.73. The molecule has 1 aromatic carbocycles. The van der Waals surface area contributed by atoms with E-state index in [9.17, 15) is 14.9 Å². The van der Waals surface area contributed by atoms with Crippen LogP contribution in [0.15, 0.2) is 12.1 Å². The van der Waals surface area contributed by atoms with Crippen LogP contribution in [0.4, 0.5) is 17.1 Å². The third-order valence-electron chi connectivity index (χ3n) is 2.50. The highest BCUT2D eigenvalue weighted by atomic mass is 16.6. The van der Waals surface area contributed by atoms with Crippen LogP contribution >= 0.6 is 0 Å². The number of nitrogens with two attached hydrogens (primary N) is 1. The Hall–Kier alpha value is -2.11. The molecule has 1 amide bonds. The molecule has 0 spiro atoms. The molecular formula is C12H17N3O3. The molecule has 0 aromatic heterocycles. The van der Waals surface area contributed by atoms with Gasteiger partial charge < -0.3 is 11.1 Å². The van der Waals surface area contributed by atoms with Gasteiger partial charge in [0.25, 0.3) is 0 Å². The lowest BCUT2D eigenvalue weighted by molar-refractivity contribution is -0.383. The Kier molecular flexibility index (Phi) is 3.59. The van der Waals surface area contributed by atoms with Crippen molar-refractivity contribution in [3.8, 4) is 0 Å². The zero-order valence-electron chi connectivity index (χ0n) is 10.9. The molecule has 0 aliphatic rings. The molecule has 0 fully saturated rings. The predicted octanol–water partition coefficient (Wildman–Crippen LogP) is 2.43. The summed E-state index contributed by atoms with van der Waals surface area (Å²) in [5.74, 6) is -0.366. The summed E-state index contributed by atoms with van der Waals surface area (Å²) in [4.78, 5) is 21.7. The molecule has 0 aliphatic heterocycles. The van der Waals surface area contributed by atoms with Gasteiger partial charge in [0.2, 0.25) is 5.91 Å². The molecule has 0 saturated heterocycles. The molecular weight excluding hydrogens is 234 g/mol. The van der Waals surface area contributed by atoms with Crippen LogP contribution in [0.25, 0.3) is 0 Å². The van der Waals surface area contributed by atoms with Crippen LogP contribution in [0, 0.1) is 10.1 Å². The molecule has 0 atom stereocenters. The number of hydrogen-bond acceptors (Lipinski definition) is 4. The number of rotatable bonds is 2. The van der Waals surface area contributed by atoms with Gasteiger partial charge in [-0.1, -0.05) is 26.8 Å². The summed E-state index contributed by atoms with van der Waals surface area (Å²) in [5, 5.41) is 13.6. The van der Waals surface area contributed by atoms with Crippen molar-refractivity contribution >= 4 is 23.0 Å². The first-order valence-electron chi connectivity index (χ1n) is 5.49. The number of anilines is 2. The van der Waals surface area contributed by atoms with E-state index in [2.05, 4.69) is 5.32 Å². The average molecular weight is 251 g/mol. The van der Waals surface area contributed by atoms with E-state index in [0.717, 1.165) is 0 Å². The number of carbonyl (C=O) groups excluding carboxylic acids is 1. The summed E-state index contributed by atoms with van der Waals surface area (Å²) < 4.78 is 0. The normalized spacial score (nSPS) is 11.1. The minimum Gasteiger partial charge on any atom is -0.393 e. The van der Waals surface area contributed by atoms with Crippen molar-refractivity contribution in [2.45, 2.75) is 33.1 Å². The highest BCUT2D eigenvalue weighted by Crippen LogP contribution is 2.39. The van der Waals surface area contributed by atoms with E-state index in [4.69, 9.17) is 5.73 Å². The molecule has 18 heavy (non-hydrogen) atoms. The van der Waals surface area contributed by atoms with Crippen LogP contribution < -0.4 is 11.1 Å². The van der Waals surface area contributed by atoms with Gasteiger partial charge in [-0.15, -0.1) is 0 Å². The zero-order valence-corrected chi connectivity index (χ0v) is 10.9. The quantitative estimate of drug-likeness (QED) is 0.479. The number of nitrogen functional groups attached to an aromatic ring is 1. The maximum absolute atomic E-state index is 11.2. The standard InChI is InChI=1S/C12H17N3O3/c1-7(16)14-10-8(12(2,3)4)5-6-9(13)11(10)15(17)18/h5-6H,13H2,1-4H3,(H,14,16). The fraction of sp³-hybridized carbons (Fsp3) is 0.417. The molecule has 98 valence electrons. The summed E-state index contributed by atoms with van der Waals surface area (Å²) in [6, 6.07) is 3.19. The summed E-state index contributed by atoms with van der Waals surface area (Å²) >= 11 is 0. The molecule has 0 saturated carbocycles. The first-order valence-corrected chi connectivity index (χ1v) is 5.49. The molecule has 1 aromatic rings. The first-order chi connectivity index (χ1) is 8.14. The Morgan fingerprint density at radius 3 is 2.33 bits per heavy atom. The lowest BCUT2D eigenvalue weighted by atomic mass is 9.85. The lowest BCUT2D eigenvalue weighted by Crippen LogP contribution is -2.19. The Balaban J connectivity index is 3.59. The first kappa shape index (κ1) is 14.0. The summed E-state index contributed by atoms with van der Waals surface area (Å²) in [6.45, 7) is 7.04. The van der Waals surface area contributed by atoms with E-state index in [0.29, 0.717) is 5.56 Å². The smallest absolute Gasteiger partial charge is 0.315 e. The van der Waals surface area contributed by atoms with Crippen molar-refractivity contribution < 1.29 is 9.72 Å². The Morgan fingerprint density at radius 2 is 1.94 bits per heavy atom. The number of carbonyl (C=O) groups is 1. The van der Waals surface area contributed by atoms with Gasteiger partial charge >= 0.3 is 5.69 Å². The second-order valence-corrected chi connectivity index (χ2v) is 5.11. The molecule has 0 heterocycles. The second kappa shape index (κ2) is 4.64. The van der Waals surface area contributed by atoms with Crippen molar-refractivity contribution in [3.05, 3.63) is 27.8 Å². The largest absolute Gasteiger partial charge is 0.393 e. The highest BCUT2D eigenvalue weighted by Gasteiger charge is 2.28. The van der Waals surface area contributed by atoms with Crippen molar-refractivity contribution in [1.82, 2.24) is 0 Å². The van der Waals surface area contributed by atoms with Crippen LogP contribution in [0.1, 0.15) is 33.3 Å². The summed E-state index contributed by atoms with van der Waals surface area (Å²) in [7, 11) is 0. The highest BCUT2D eigenvalue weighted by molar-refractivity contribution is 5.95. The lowest BCUT2D eigenvalue weighted by Gasteiger charge is -2.23. The third kappa shape index (κ3) is 2.77. The Labute approximate surface area is 105 Å². The van der Waals surface area contributed by atoms with E-state index in [1.165, 1.54) is 13.0 Å². The Bertz CT molecular complexity index is 504. The van der Waals surface area contributed by atoms with Crippen LogP contribution in [0.2, 0.25) is 0 Å². The molecule has 0 unspecified atom stereocenters. The molecule has 6 heteroatoms. The monoisotopic (exact) mass is 251 g/mol. The maximum Gasteiger partial charge on any atom is 0.315 e. The second-order valence-electron chi connectivity index (χ2n) is 5.11. The molecule has 0 bridgehead atoms. The molecule has 0 aliphatic carbocycles. The van der Waals surface area contributed by atoms with Gasteiger partial charge in [0.1, 0.15) is 11.4 Å². The van der Waals surface area contributed by atoms with Crippen molar-refractivity contribution in [2.75, 3.05) is 11.1 Å². The van der Waals surface area contributed by atoms with E-state index < -0.39 is 4.92 Å². The third-order valence-corrected chi connectivity index (χ3v) is 2.50. The zero-order chi connectivity index (χ0) is 14.1. The summed E-state index contributed by atoms with van der Waals surface area (Å²) in [5.41, 5.74) is 5.93. The predicted molar refractivity (Wildman–Crippen MR) is 70.5 cm³/mol. The number of amides is 1. The van der Waals surface area contributed by atoms with E-state index in [1.807, 2.05) is 20.8 Å². The molecule has 3 N–H and O–H groups in total. The minimum atomic E-state index is -0.574. The molecule has 0 radical (unpaired) electrons. The fourth-order valence-corrected chi connectivity index (χ4v) is 1.73. The van der Waals surface area contributed by atoms with Gasteiger partial charge in [0.05, 0.1) is 4.92 Å². The van der Waals surface area contributed by atoms with Gasteiger partial charge in [-0.25, -0.2) is 0 Å². The van der Waals surface area contributed by atoms with Gasteiger partial charge in [0.15, 0.2) is 0 Å². The number of nitrogens with one attached hydrogen (secondary N) is 1. The number of nitro benzene ring substituents is 1. The Morgan fingerprint density at radius 1 is 1.39 bits per heavy atom. The van der Waals surface area contributed by atoms with Crippen LogP contribution in [0.3, 0.4) is 0 Å². The number of hydrogen-bond donors (Lipinski definition) is 2. The molecule has 6 nitrogen and oxygen atoms in total. The van der Waals surface area contributed by atoms with Crippen molar-refractivity contribution in [1.29, 1.82) is 0 Å². The number of nitro groups is 1. The van der Waals surface area contributed by atoms with E-state index in [1.54, 1.807) is 6.07 Å². The van der Waals surface area contributed by atoms with E-state index in [-0.39, 0.29) is 28.4 Å². The minimum absolute atomic E-state index is 0.0387. The number of nitrogens with zero attached hydrogens (tertiary/aromatic N) is 1. The van der Waals surface area contributed by atoms with Crippen LogP contribution in [-0.2, 0) is 10.2 Å². The SMILES string of the molecule is CC(=O)Nc1c(C(C)(C)C)ccc(N)c1[N+](=O)[O-]. The average Bonchev–Trinajstić information content (AvgIpc) is 2.13. The number of benzene rings is 1. The van der Waals surface area contributed by atoms with Gasteiger partial charge in [-0.05, 0) is 17.0 Å². The van der Waals surface area contributed by atoms with Crippen LogP contribution in [-0.4, -0.2) is 10.8 Å². The van der Waals surface area contributed by atoms with Crippen LogP contribution in [0.5, 0.6) is 0 Å². The molecule has 1 rings (SSSR count). The maximum atomic E-state index is 11.2. The van der Waals surface area contributed by atoms with Crippen molar-refractivity contribution in [2.24, 2.45) is 0 Å². The van der Waals surface area contributed by atoms with Gasteiger partial charge in [-0.3, -0.25) is 14.9 Å². The van der Waals surface area contributed by atoms with Gasteiger partial charge in [0, 0.05) is 6.92 Å². The summed E-state index contributed by atoms with van der Waals surface area (Å²) in [6.07, 6.45) is 0. The van der Waals surface area contributed by atoms with Crippen molar-refractivity contribution in [3.63, 3.8) is 0 Å².